The van der Waals surface area contributed by atoms with E-state index in [0.29, 0.717) is 12.8 Å². The lowest BCUT2D eigenvalue weighted by molar-refractivity contribution is -0.143. The fourth-order valence-electron chi connectivity index (χ4n) is 2.65. The Balaban J connectivity index is 5.20. The summed E-state index contributed by atoms with van der Waals surface area (Å²) < 4.78 is 0. The van der Waals surface area contributed by atoms with Gasteiger partial charge in [0.2, 0.25) is 17.7 Å². The zero-order chi connectivity index (χ0) is 24.3. The van der Waals surface area contributed by atoms with Crippen LogP contribution in [0.2, 0.25) is 0 Å². The summed E-state index contributed by atoms with van der Waals surface area (Å²) in [6, 6.07) is -4.21. The number of nitrogens with one attached hydrogen (secondary N) is 3. The summed E-state index contributed by atoms with van der Waals surface area (Å²) in [7, 11) is 0. The van der Waals surface area contributed by atoms with Crippen molar-refractivity contribution >= 4 is 29.7 Å². The Bertz CT molecular complexity index is 655. The summed E-state index contributed by atoms with van der Waals surface area (Å²) >= 11 is 0. The number of rotatable bonds is 14. The predicted octanol–water partition coefficient (Wildman–Crippen LogP) is -0.170. The van der Waals surface area contributed by atoms with E-state index in [1.807, 2.05) is 13.8 Å². The van der Waals surface area contributed by atoms with Crippen molar-refractivity contribution in [3.63, 3.8) is 0 Å². The van der Waals surface area contributed by atoms with Gasteiger partial charge in [0.25, 0.3) is 0 Å². The molecule has 6 unspecified atom stereocenters. The quantitative estimate of drug-likeness (QED) is 0.213. The first-order valence-electron chi connectivity index (χ1n) is 10.5. The van der Waals surface area contributed by atoms with Gasteiger partial charge in [0.05, 0.1) is 6.04 Å². The van der Waals surface area contributed by atoms with Gasteiger partial charge in [0.1, 0.15) is 18.1 Å². The summed E-state index contributed by atoms with van der Waals surface area (Å²) in [5, 5.41) is 25.4. The van der Waals surface area contributed by atoms with Crippen LogP contribution in [0.4, 0.5) is 0 Å². The molecule has 0 radical (unpaired) electrons. The number of carbonyl (C=O) groups is 5. The molecule has 7 N–H and O–H groups in total. The second-order valence-corrected chi connectivity index (χ2v) is 7.85. The molecule has 0 aromatic heterocycles. The van der Waals surface area contributed by atoms with Gasteiger partial charge < -0.3 is 31.9 Å². The lowest BCUT2D eigenvalue weighted by Crippen LogP contribution is -2.58. The fourth-order valence-corrected chi connectivity index (χ4v) is 2.65. The Morgan fingerprint density at radius 3 is 1.81 bits per heavy atom. The van der Waals surface area contributed by atoms with E-state index in [1.165, 1.54) is 6.92 Å². The SMILES string of the molecule is CCC(C)C(N)C(=O)NC(C)C(=O)NC(C(=O)NC(CCC(=O)O)C(=O)O)C(C)CC. The van der Waals surface area contributed by atoms with Crippen LogP contribution < -0.4 is 21.7 Å². The fraction of sp³-hybridized carbons (Fsp3) is 0.750. The third-order valence-electron chi connectivity index (χ3n) is 5.37. The molecule has 0 rings (SSSR count). The van der Waals surface area contributed by atoms with Crippen molar-refractivity contribution in [1.29, 1.82) is 0 Å². The number of aliphatic carboxylic acids is 2. The van der Waals surface area contributed by atoms with Crippen LogP contribution in [-0.2, 0) is 24.0 Å². The summed E-state index contributed by atoms with van der Waals surface area (Å²) in [6.45, 7) is 8.67. The largest absolute Gasteiger partial charge is 0.481 e. The molecule has 0 fully saturated rings. The highest BCUT2D eigenvalue weighted by Gasteiger charge is 2.32. The highest BCUT2D eigenvalue weighted by molar-refractivity contribution is 5.94. The Morgan fingerprint density at radius 1 is 0.806 bits per heavy atom. The molecule has 178 valence electrons. The van der Waals surface area contributed by atoms with Gasteiger partial charge in [-0.05, 0) is 25.2 Å². The molecule has 0 heterocycles. The molecule has 3 amide bonds. The maximum Gasteiger partial charge on any atom is 0.326 e. The Kier molecular flexibility index (Phi) is 12.4. The zero-order valence-electron chi connectivity index (χ0n) is 18.8. The maximum atomic E-state index is 12.7. The minimum Gasteiger partial charge on any atom is -0.481 e. The molecule has 0 aromatic carbocycles. The zero-order valence-corrected chi connectivity index (χ0v) is 18.8. The van der Waals surface area contributed by atoms with Crippen LogP contribution in [0.1, 0.15) is 60.3 Å². The monoisotopic (exact) mass is 444 g/mol. The third kappa shape index (κ3) is 9.77. The van der Waals surface area contributed by atoms with Crippen molar-refractivity contribution in [3.8, 4) is 0 Å². The lowest BCUT2D eigenvalue weighted by Gasteiger charge is -2.27. The van der Waals surface area contributed by atoms with Crippen LogP contribution in [-0.4, -0.2) is 64.0 Å². The van der Waals surface area contributed by atoms with E-state index in [4.69, 9.17) is 10.8 Å². The van der Waals surface area contributed by atoms with E-state index >= 15 is 0 Å². The average molecular weight is 445 g/mol. The minimum absolute atomic E-state index is 0.0762. The molecule has 11 nitrogen and oxygen atoms in total. The summed E-state index contributed by atoms with van der Waals surface area (Å²) in [5.74, 6) is -4.83. The maximum absolute atomic E-state index is 12.7. The van der Waals surface area contributed by atoms with Crippen LogP contribution in [0.15, 0.2) is 0 Å². The van der Waals surface area contributed by atoms with Gasteiger partial charge in [-0.2, -0.15) is 0 Å². The Hall–Kier alpha value is -2.69. The molecule has 11 heteroatoms. The van der Waals surface area contributed by atoms with Gasteiger partial charge in [-0.25, -0.2) is 4.79 Å². The van der Waals surface area contributed by atoms with Gasteiger partial charge in [-0.3, -0.25) is 19.2 Å². The molecule has 31 heavy (non-hydrogen) atoms. The van der Waals surface area contributed by atoms with Gasteiger partial charge in [0.15, 0.2) is 0 Å². The highest BCUT2D eigenvalue weighted by atomic mass is 16.4. The third-order valence-corrected chi connectivity index (χ3v) is 5.37. The second-order valence-electron chi connectivity index (χ2n) is 7.85. The van der Waals surface area contributed by atoms with Gasteiger partial charge >= 0.3 is 11.9 Å². The number of carboxylic acids is 2. The predicted molar refractivity (Wildman–Crippen MR) is 113 cm³/mol. The first-order chi connectivity index (χ1) is 14.3. The van der Waals surface area contributed by atoms with E-state index < -0.39 is 60.2 Å². The molecule has 0 saturated heterocycles. The smallest absolute Gasteiger partial charge is 0.326 e. The van der Waals surface area contributed by atoms with Crippen molar-refractivity contribution in [3.05, 3.63) is 0 Å². The normalized spacial score (nSPS) is 16.7. The van der Waals surface area contributed by atoms with E-state index in [1.54, 1.807) is 13.8 Å². The number of carboxylic acid groups (broad SMARTS) is 2. The van der Waals surface area contributed by atoms with Crippen LogP contribution in [0, 0.1) is 11.8 Å². The van der Waals surface area contributed by atoms with Crippen LogP contribution >= 0.6 is 0 Å². The van der Waals surface area contributed by atoms with Gasteiger partial charge in [-0.15, -0.1) is 0 Å². The van der Waals surface area contributed by atoms with Crippen molar-refractivity contribution in [2.24, 2.45) is 17.6 Å². The Morgan fingerprint density at radius 2 is 1.35 bits per heavy atom. The number of amides is 3. The van der Waals surface area contributed by atoms with Crippen LogP contribution in [0.3, 0.4) is 0 Å². The molecule has 0 aromatic rings. The molecular weight excluding hydrogens is 408 g/mol. The molecule has 6 atom stereocenters. The van der Waals surface area contributed by atoms with Crippen LogP contribution in [0.25, 0.3) is 0 Å². The summed E-state index contributed by atoms with van der Waals surface area (Å²) in [4.78, 5) is 59.5. The van der Waals surface area contributed by atoms with Crippen molar-refractivity contribution < 1.29 is 34.2 Å². The van der Waals surface area contributed by atoms with Crippen molar-refractivity contribution in [1.82, 2.24) is 16.0 Å². The number of hydrogen-bond acceptors (Lipinski definition) is 6. The molecular formula is C20H36N4O7. The molecule has 0 aliphatic rings. The second kappa shape index (κ2) is 13.6. The summed E-state index contributed by atoms with van der Waals surface area (Å²) in [5.41, 5.74) is 5.87. The van der Waals surface area contributed by atoms with Gasteiger partial charge in [-0.1, -0.05) is 40.5 Å². The van der Waals surface area contributed by atoms with E-state index in [0.717, 1.165) is 0 Å². The van der Waals surface area contributed by atoms with E-state index in [-0.39, 0.29) is 18.3 Å². The lowest BCUT2D eigenvalue weighted by atomic mass is 9.97. The van der Waals surface area contributed by atoms with E-state index in [2.05, 4.69) is 16.0 Å². The minimum atomic E-state index is -1.40. The molecule has 0 spiro atoms. The standard InChI is InChI=1S/C20H36N4O7/c1-6-10(3)15(21)18(28)22-12(5)17(27)24-16(11(4)7-2)19(29)23-13(20(30)31)8-9-14(25)26/h10-13,15-16H,6-9,21H2,1-5H3,(H,22,28)(H,23,29)(H,24,27)(H,25,26)(H,30,31). The molecule has 0 aliphatic heterocycles. The first kappa shape index (κ1) is 28.3. The van der Waals surface area contributed by atoms with Gasteiger partial charge in [0, 0.05) is 6.42 Å². The molecule has 0 bridgehead atoms. The number of nitrogens with two attached hydrogens (primary N) is 1. The number of hydrogen-bond donors (Lipinski definition) is 6. The van der Waals surface area contributed by atoms with Crippen LogP contribution in [0.5, 0.6) is 0 Å². The van der Waals surface area contributed by atoms with E-state index in [9.17, 15) is 29.1 Å². The average Bonchev–Trinajstić information content (AvgIpc) is 2.71. The molecule has 0 aliphatic carbocycles. The highest BCUT2D eigenvalue weighted by Crippen LogP contribution is 2.10. The first-order valence-corrected chi connectivity index (χ1v) is 10.5. The van der Waals surface area contributed by atoms with Crippen molar-refractivity contribution in [2.75, 3.05) is 0 Å². The van der Waals surface area contributed by atoms with Crippen molar-refractivity contribution in [2.45, 2.75) is 84.5 Å². The Labute approximate surface area is 182 Å². The topological polar surface area (TPSA) is 188 Å². The summed E-state index contributed by atoms with van der Waals surface area (Å²) in [6.07, 6.45) is 0.470. The molecule has 0 saturated carbocycles. The number of carbonyl (C=O) groups excluding carboxylic acids is 3.